The molecule has 0 amide bonds. The van der Waals surface area contributed by atoms with Gasteiger partial charge in [0.2, 0.25) is 5.82 Å². The summed E-state index contributed by atoms with van der Waals surface area (Å²) in [5.74, 6) is -0.740. The maximum absolute atomic E-state index is 13.0. The Labute approximate surface area is 337 Å². The Morgan fingerprint density at radius 2 is 1.19 bits per heavy atom. The first kappa shape index (κ1) is 49.8. The third kappa shape index (κ3) is 16.8. The van der Waals surface area contributed by atoms with E-state index in [1.54, 1.807) is 36.4 Å². The summed E-state index contributed by atoms with van der Waals surface area (Å²) >= 11 is 0. The Kier molecular flexibility index (Phi) is 20.8. The van der Waals surface area contributed by atoms with Gasteiger partial charge in [0.15, 0.2) is 5.84 Å². The van der Waals surface area contributed by atoms with E-state index in [4.69, 9.17) is 30.2 Å². The zero-order valence-electron chi connectivity index (χ0n) is 30.4. The monoisotopic (exact) mass is 902 g/mol. The molecule has 3 heterocycles. The van der Waals surface area contributed by atoms with Crippen molar-refractivity contribution in [2.45, 2.75) is 12.4 Å². The Morgan fingerprint density at radius 3 is 1.74 bits per heavy atom. The number of halogens is 6. The summed E-state index contributed by atoms with van der Waals surface area (Å²) in [4.78, 5) is 27.7. The Morgan fingerprint density at radius 1 is 0.677 bits per heavy atom. The van der Waals surface area contributed by atoms with Crippen LogP contribution in [0, 0.1) is 0 Å². The molecule has 0 fully saturated rings. The first-order valence-corrected chi connectivity index (χ1v) is 15.4. The van der Waals surface area contributed by atoms with Crippen LogP contribution in [-0.2, 0) is 82.7 Å². The lowest BCUT2D eigenvalue weighted by atomic mass is 10.1. The normalized spacial score (nSPS) is 11.5. The first-order chi connectivity index (χ1) is 29.7. The minimum atomic E-state index is -4.67. The van der Waals surface area contributed by atoms with Crippen LogP contribution in [0.5, 0.6) is 11.5 Å². The molecule has 0 aliphatic heterocycles. The van der Waals surface area contributed by atoms with Gasteiger partial charge in [-0.2, -0.15) is 31.3 Å². The predicted molar refractivity (Wildman–Crippen MR) is 172 cm³/mol. The maximum atomic E-state index is 13.0. The van der Waals surface area contributed by atoms with E-state index in [1.807, 2.05) is 0 Å². The van der Waals surface area contributed by atoms with Gasteiger partial charge in [-0.25, -0.2) is 15.3 Å². The van der Waals surface area contributed by atoms with Gasteiger partial charge in [0.1, 0.15) is 22.9 Å². The molecule has 32 heteroatoms. The average Bonchev–Trinajstić information content (AvgIpc) is 3.78. The van der Waals surface area contributed by atoms with Crippen LogP contribution in [0.2, 0.25) is 0 Å². The van der Waals surface area contributed by atoms with Crippen LogP contribution >= 0.6 is 0 Å². The molecule has 26 nitrogen and oxygen atoms in total. The van der Waals surface area contributed by atoms with E-state index in [1.165, 1.54) is 38.6 Å². The fourth-order valence-electron chi connectivity index (χ4n) is 3.91. The third-order valence-corrected chi connectivity index (χ3v) is 6.29. The maximum Gasteiger partial charge on any atom is 0.418 e. The second kappa shape index (κ2) is 25.9. The number of rotatable bonds is 19. The van der Waals surface area contributed by atoms with Crippen molar-refractivity contribution in [2.75, 3.05) is 14.2 Å². The molecule has 0 aliphatic carbocycles. The van der Waals surface area contributed by atoms with Crippen LogP contribution < -0.4 is 15.2 Å². The van der Waals surface area contributed by atoms with Crippen LogP contribution in [0.1, 0.15) is 27.2 Å². The third-order valence-electron chi connectivity index (χ3n) is 6.29. The van der Waals surface area contributed by atoms with E-state index in [0.29, 0.717) is 17.1 Å². The molecule has 0 bridgehead atoms. The standard InChI is InChI=1S/C15H12F3N3O3.C15H10F3N3O2.H2O15/c1-23-10-5-2-4-9(8-10)14(22)24-21-13(19)12-11(15(16,17)18)6-3-7-20-12;1-22-10-5-2-4-9(8-10)14-20-13(21-23-14)12-11(15(16,17)18)6-3-7-19-12;1-3-5-7-9-11-13-15-14-12-10-8-6-4-2/h2-8H,1H3,(H2,19,21);2-8H,1H3;1-2H. The highest BCUT2D eigenvalue weighted by Gasteiger charge is 2.36. The summed E-state index contributed by atoms with van der Waals surface area (Å²) < 4.78 is 92.8. The zero-order valence-corrected chi connectivity index (χ0v) is 30.4. The molecule has 0 aliphatic rings. The van der Waals surface area contributed by atoms with Crippen molar-refractivity contribution in [1.82, 2.24) is 20.1 Å². The Hall–Kier alpha value is -6.60. The molecular formula is C30H24F6N6O20. The molecule has 5 aromatic rings. The summed E-state index contributed by atoms with van der Waals surface area (Å²) in [6.45, 7) is 0. The number of benzene rings is 2. The summed E-state index contributed by atoms with van der Waals surface area (Å²) in [5.41, 5.74) is 3.10. The van der Waals surface area contributed by atoms with Crippen molar-refractivity contribution >= 4 is 11.8 Å². The molecule has 0 saturated carbocycles. The SMILES string of the molecule is COc1cccc(-c2nc(-c3ncccc3C(F)(F)F)no2)c1.COc1cccc(C(=O)O/N=C(\N)c2ncccc2C(F)(F)F)c1.OOOOOOOOOOOOOOO. The topological polar surface area (TPSA) is 308 Å². The quantitative estimate of drug-likeness (QED) is 0.0174. The molecule has 0 radical (unpaired) electrons. The van der Waals surface area contributed by atoms with E-state index in [-0.39, 0.29) is 23.0 Å². The van der Waals surface area contributed by atoms with Crippen molar-refractivity contribution in [1.29, 1.82) is 0 Å². The largest absolute Gasteiger partial charge is 0.497 e. The molecular weight excluding hydrogens is 878 g/mol. The molecule has 4 N–H and O–H groups in total. The number of nitrogens with two attached hydrogens (primary N) is 1. The molecule has 62 heavy (non-hydrogen) atoms. The van der Waals surface area contributed by atoms with E-state index < -0.39 is 41.0 Å². The van der Waals surface area contributed by atoms with Crippen LogP contribution in [-0.4, -0.2) is 56.6 Å². The van der Waals surface area contributed by atoms with Crippen molar-refractivity contribution in [3.05, 3.63) is 108 Å². The second-order valence-electron chi connectivity index (χ2n) is 9.93. The van der Waals surface area contributed by atoms with Gasteiger partial charge in [-0.3, -0.25) is 9.97 Å². The molecule has 0 atom stereocenters. The number of ether oxygens (including phenoxy) is 2. The lowest BCUT2D eigenvalue weighted by Crippen LogP contribution is -2.22. The van der Waals surface area contributed by atoms with Crippen molar-refractivity contribution in [3.63, 3.8) is 0 Å². The van der Waals surface area contributed by atoms with Crippen molar-refractivity contribution in [2.24, 2.45) is 10.9 Å². The van der Waals surface area contributed by atoms with Gasteiger partial charge in [0.05, 0.1) is 30.9 Å². The van der Waals surface area contributed by atoms with Gasteiger partial charge >= 0.3 is 18.3 Å². The van der Waals surface area contributed by atoms with Crippen molar-refractivity contribution < 1.29 is 126 Å². The van der Waals surface area contributed by atoms with E-state index in [0.717, 1.165) is 24.4 Å². The number of hydrogen-bond donors (Lipinski definition) is 3. The number of amidine groups is 1. The number of carbonyl (C=O) groups excluding carboxylic acids is 1. The van der Waals surface area contributed by atoms with E-state index in [2.05, 4.69) is 95.6 Å². The molecule has 336 valence electrons. The van der Waals surface area contributed by atoms with Crippen LogP contribution in [0.15, 0.2) is 94.9 Å². The lowest BCUT2D eigenvalue weighted by molar-refractivity contribution is -0.879. The highest BCUT2D eigenvalue weighted by atomic mass is 19.4. The first-order valence-electron chi connectivity index (χ1n) is 15.4. The highest BCUT2D eigenvalue weighted by molar-refractivity contribution is 5.98. The van der Waals surface area contributed by atoms with Crippen LogP contribution in [0.3, 0.4) is 0 Å². The summed E-state index contributed by atoms with van der Waals surface area (Å²) in [7, 11) is 2.92. The molecule has 2 aromatic carbocycles. The summed E-state index contributed by atoms with van der Waals surface area (Å²) in [6.07, 6.45) is -6.86. The summed E-state index contributed by atoms with van der Waals surface area (Å²) in [5, 5.41) is 64.3. The number of alkyl halides is 6. The Bertz CT molecular complexity index is 2120. The minimum absolute atomic E-state index is 0.0812. The number of carbonyl (C=O) groups is 1. The predicted octanol–water partition coefficient (Wildman–Crippen LogP) is 5.54. The van der Waals surface area contributed by atoms with Gasteiger partial charge in [-0.15, -0.1) is 0 Å². The Balaban J connectivity index is 0.000000255. The smallest absolute Gasteiger partial charge is 0.418 e. The molecule has 0 spiro atoms. The van der Waals surface area contributed by atoms with E-state index >= 15 is 0 Å². The van der Waals surface area contributed by atoms with Crippen molar-refractivity contribution in [3.8, 4) is 34.5 Å². The number of pyridine rings is 2. The van der Waals surface area contributed by atoms with Gasteiger partial charge < -0.3 is 24.6 Å². The summed E-state index contributed by atoms with van der Waals surface area (Å²) in [6, 6.07) is 16.8. The molecule has 0 saturated heterocycles. The fourth-order valence-corrected chi connectivity index (χ4v) is 3.91. The van der Waals surface area contributed by atoms with Gasteiger partial charge in [-0.1, -0.05) is 22.4 Å². The molecule has 3 aromatic heterocycles. The highest BCUT2D eigenvalue weighted by Crippen LogP contribution is 2.35. The van der Waals surface area contributed by atoms with Gasteiger partial charge in [0.25, 0.3) is 5.89 Å². The lowest BCUT2D eigenvalue weighted by Gasteiger charge is -2.10. The van der Waals surface area contributed by atoms with Gasteiger partial charge in [0, 0.05) is 18.0 Å². The fraction of sp³-hybridized carbons (Fsp3) is 0.133. The number of aromatic nitrogens is 4. The van der Waals surface area contributed by atoms with Crippen LogP contribution in [0.25, 0.3) is 23.0 Å². The number of methoxy groups -OCH3 is 2. The number of hydrogen-bond acceptors (Lipinski definition) is 25. The molecule has 5 rings (SSSR count). The average molecular weight is 903 g/mol. The minimum Gasteiger partial charge on any atom is -0.497 e. The van der Waals surface area contributed by atoms with E-state index in [9.17, 15) is 31.1 Å². The molecule has 0 unspecified atom stereocenters. The van der Waals surface area contributed by atoms with Crippen LogP contribution in [0.4, 0.5) is 26.3 Å². The zero-order chi connectivity index (χ0) is 45.4. The number of nitrogens with zero attached hydrogens (tertiary/aromatic N) is 5. The number of oxime groups is 1. The second-order valence-corrected chi connectivity index (χ2v) is 9.93. The van der Waals surface area contributed by atoms with Gasteiger partial charge in [-0.05, 0) is 126 Å².